The molecule has 2 heterocycles. The van der Waals surface area contributed by atoms with Crippen molar-refractivity contribution in [3.8, 4) is 0 Å². The van der Waals surface area contributed by atoms with Gasteiger partial charge in [-0.05, 0) is 12.1 Å². The van der Waals surface area contributed by atoms with Gasteiger partial charge in [-0.2, -0.15) is 4.99 Å². The molecule has 3 rings (SSSR count). The molecule has 1 N–H and O–H groups in total. The lowest BCUT2D eigenvalue weighted by atomic mass is 10.2. The summed E-state index contributed by atoms with van der Waals surface area (Å²) in [6.07, 6.45) is 1.78. The predicted octanol–water partition coefficient (Wildman–Crippen LogP) is 0.217. The third-order valence-corrected chi connectivity index (χ3v) is 4.01. The Morgan fingerprint density at radius 1 is 1.27 bits per heavy atom. The molecule has 0 atom stereocenters. The third kappa shape index (κ3) is 2.56. The van der Waals surface area contributed by atoms with Crippen LogP contribution in [0.2, 0.25) is 0 Å². The molecule has 0 radical (unpaired) electrons. The number of nitrogens with one attached hydrogen (secondary N) is 1. The van der Waals surface area contributed by atoms with E-state index in [4.69, 9.17) is 0 Å². The average Bonchev–Trinajstić information content (AvgIpc) is 2.90. The van der Waals surface area contributed by atoms with E-state index in [1.54, 1.807) is 47.5 Å². The molecule has 0 spiro atoms. The second-order valence-corrected chi connectivity index (χ2v) is 5.55. The van der Waals surface area contributed by atoms with Crippen LogP contribution in [0.1, 0.15) is 0 Å². The molecule has 1 aromatic carbocycles. The molecule has 0 saturated carbocycles. The van der Waals surface area contributed by atoms with Crippen molar-refractivity contribution in [3.05, 3.63) is 61.4 Å². The van der Waals surface area contributed by atoms with Crippen LogP contribution in [-0.4, -0.2) is 20.3 Å². The minimum atomic E-state index is -0.508. The van der Waals surface area contributed by atoms with Crippen LogP contribution in [0.4, 0.5) is 0 Å². The lowest BCUT2D eigenvalue weighted by Crippen LogP contribution is -2.32. The third-order valence-electron chi connectivity index (χ3n) is 3.16. The first-order chi connectivity index (χ1) is 10.6. The maximum atomic E-state index is 12.3. The highest BCUT2D eigenvalue weighted by atomic mass is 32.1. The molecular weight excluding hydrogens is 304 g/mol. The van der Waals surface area contributed by atoms with E-state index in [0.717, 1.165) is 4.68 Å². The summed E-state index contributed by atoms with van der Waals surface area (Å²) < 4.78 is 2.69. The number of aromatic amines is 1. The van der Waals surface area contributed by atoms with E-state index in [9.17, 15) is 14.4 Å². The van der Waals surface area contributed by atoms with Gasteiger partial charge in [-0.25, -0.2) is 4.68 Å². The van der Waals surface area contributed by atoms with Gasteiger partial charge in [-0.15, -0.1) is 11.3 Å². The van der Waals surface area contributed by atoms with E-state index in [1.165, 1.54) is 11.3 Å². The number of carbonyl (C=O) groups is 1. The van der Waals surface area contributed by atoms with Gasteiger partial charge in [0.25, 0.3) is 17.0 Å². The van der Waals surface area contributed by atoms with E-state index < -0.39 is 17.0 Å². The number of thiazole rings is 1. The zero-order valence-corrected chi connectivity index (χ0v) is 12.5. The number of aryl methyl sites for hydroxylation is 1. The van der Waals surface area contributed by atoms with Crippen LogP contribution in [0.3, 0.4) is 0 Å². The molecule has 0 bridgehead atoms. The van der Waals surface area contributed by atoms with Crippen molar-refractivity contribution in [2.45, 2.75) is 6.54 Å². The molecule has 3 aromatic rings. The first-order valence-electron chi connectivity index (χ1n) is 6.46. The van der Waals surface area contributed by atoms with E-state index in [-0.39, 0.29) is 11.9 Å². The summed E-state index contributed by atoms with van der Waals surface area (Å²) in [5.41, 5.74) is -0.834. The molecule has 8 heteroatoms. The largest absolute Gasteiger partial charge is 0.327 e. The summed E-state index contributed by atoms with van der Waals surface area (Å²) in [5.74, 6) is -0.508. The van der Waals surface area contributed by atoms with Crippen molar-refractivity contribution < 1.29 is 4.79 Å². The lowest BCUT2D eigenvalue weighted by Gasteiger charge is -2.04. The van der Waals surface area contributed by atoms with Crippen molar-refractivity contribution >= 4 is 28.0 Å². The molecule has 0 saturated heterocycles. The summed E-state index contributed by atoms with van der Waals surface area (Å²) in [4.78, 5) is 40.7. The Morgan fingerprint density at radius 3 is 2.68 bits per heavy atom. The molecule has 0 unspecified atom stereocenters. The fraction of sp³-hybridized carbons (Fsp3) is 0.143. The van der Waals surface area contributed by atoms with Gasteiger partial charge in [0.15, 0.2) is 4.80 Å². The summed E-state index contributed by atoms with van der Waals surface area (Å²) in [6.45, 7) is -0.309. The Kier molecular flexibility index (Phi) is 3.60. The summed E-state index contributed by atoms with van der Waals surface area (Å²) in [6, 6.07) is 6.48. The van der Waals surface area contributed by atoms with E-state index in [0.29, 0.717) is 10.2 Å². The summed E-state index contributed by atoms with van der Waals surface area (Å²) >= 11 is 1.31. The lowest BCUT2D eigenvalue weighted by molar-refractivity contribution is -0.118. The number of hydrogen-bond donors (Lipinski definition) is 1. The molecule has 1 amide bonds. The number of rotatable bonds is 2. The van der Waals surface area contributed by atoms with Crippen LogP contribution in [0.25, 0.3) is 10.8 Å². The predicted molar refractivity (Wildman–Crippen MR) is 82.7 cm³/mol. The van der Waals surface area contributed by atoms with E-state index in [2.05, 4.69) is 10.1 Å². The highest BCUT2D eigenvalue weighted by Gasteiger charge is 2.09. The average molecular weight is 316 g/mol. The smallest absolute Gasteiger partial charge is 0.273 e. The molecule has 0 aliphatic rings. The number of nitrogens with zero attached hydrogens (tertiary/aromatic N) is 3. The number of benzene rings is 1. The van der Waals surface area contributed by atoms with Gasteiger partial charge >= 0.3 is 0 Å². The number of hydrogen-bond acceptors (Lipinski definition) is 4. The molecule has 7 nitrogen and oxygen atoms in total. The molecule has 0 fully saturated rings. The Morgan fingerprint density at radius 2 is 2.00 bits per heavy atom. The zero-order valence-electron chi connectivity index (χ0n) is 11.6. The first kappa shape index (κ1) is 14.2. The Balaban J connectivity index is 2.04. The standard InChI is InChI=1S/C14H12N4O3S/c1-17-6-7-22-14(17)15-11(19)8-18-13(21)10-5-3-2-4-9(10)12(20)16-18/h2-7H,8H2,1H3,(H,16,20). The molecule has 0 aliphatic heterocycles. The molecule has 0 aliphatic carbocycles. The highest BCUT2D eigenvalue weighted by molar-refractivity contribution is 7.07. The van der Waals surface area contributed by atoms with Crippen molar-refractivity contribution in [1.82, 2.24) is 14.3 Å². The monoisotopic (exact) mass is 316 g/mol. The second-order valence-electron chi connectivity index (χ2n) is 4.68. The van der Waals surface area contributed by atoms with Crippen molar-refractivity contribution in [3.63, 3.8) is 0 Å². The van der Waals surface area contributed by atoms with Crippen molar-refractivity contribution in [1.29, 1.82) is 0 Å². The van der Waals surface area contributed by atoms with Crippen LogP contribution >= 0.6 is 11.3 Å². The second kappa shape index (κ2) is 5.57. The SMILES string of the molecule is Cn1ccsc1=NC(=O)Cn1[nH]c(=O)c2ccccc2c1=O. The molecular formula is C14H12N4O3S. The topological polar surface area (TPSA) is 89.2 Å². The van der Waals surface area contributed by atoms with Gasteiger partial charge in [-0.1, -0.05) is 12.1 Å². The fourth-order valence-electron chi connectivity index (χ4n) is 2.07. The Bertz CT molecular complexity index is 1040. The fourth-order valence-corrected chi connectivity index (χ4v) is 2.82. The van der Waals surface area contributed by atoms with Crippen LogP contribution in [0.15, 0.2) is 50.4 Å². The van der Waals surface area contributed by atoms with E-state index in [1.807, 2.05) is 0 Å². The van der Waals surface area contributed by atoms with Gasteiger partial charge in [0.1, 0.15) is 6.54 Å². The summed E-state index contributed by atoms with van der Waals surface area (Å²) in [7, 11) is 1.77. The minimum absolute atomic E-state index is 0.278. The number of H-pyrrole nitrogens is 1. The number of amides is 1. The quantitative estimate of drug-likeness (QED) is 0.733. The van der Waals surface area contributed by atoms with Crippen LogP contribution in [0, 0.1) is 0 Å². The number of aromatic nitrogens is 3. The molecule has 22 heavy (non-hydrogen) atoms. The maximum absolute atomic E-state index is 12.3. The zero-order chi connectivity index (χ0) is 15.7. The normalized spacial score (nSPS) is 12.0. The first-order valence-corrected chi connectivity index (χ1v) is 7.34. The van der Waals surface area contributed by atoms with Gasteiger partial charge in [0.05, 0.1) is 10.8 Å². The Labute approximate surface area is 127 Å². The van der Waals surface area contributed by atoms with Gasteiger partial charge in [-0.3, -0.25) is 19.5 Å². The van der Waals surface area contributed by atoms with Gasteiger partial charge in [0, 0.05) is 18.6 Å². The van der Waals surface area contributed by atoms with Gasteiger partial charge in [0.2, 0.25) is 0 Å². The van der Waals surface area contributed by atoms with Crippen LogP contribution in [-0.2, 0) is 18.4 Å². The highest BCUT2D eigenvalue weighted by Crippen LogP contribution is 2.02. The molecule has 2 aromatic heterocycles. The maximum Gasteiger partial charge on any atom is 0.273 e. The molecule has 112 valence electrons. The summed E-state index contributed by atoms with van der Waals surface area (Å²) in [5, 5.41) is 4.79. The minimum Gasteiger partial charge on any atom is -0.327 e. The number of carbonyl (C=O) groups excluding carboxylic acids is 1. The number of fused-ring (bicyclic) bond motifs is 1. The Hall–Kier alpha value is -2.74. The van der Waals surface area contributed by atoms with Crippen molar-refractivity contribution in [2.24, 2.45) is 12.0 Å². The van der Waals surface area contributed by atoms with Gasteiger partial charge < -0.3 is 4.57 Å². The van der Waals surface area contributed by atoms with E-state index >= 15 is 0 Å². The van der Waals surface area contributed by atoms with Crippen molar-refractivity contribution in [2.75, 3.05) is 0 Å². The van der Waals surface area contributed by atoms with Crippen LogP contribution in [0.5, 0.6) is 0 Å². The van der Waals surface area contributed by atoms with Crippen LogP contribution < -0.4 is 15.9 Å².